The third kappa shape index (κ3) is 4.97. The molecule has 7 nitrogen and oxygen atoms in total. The quantitative estimate of drug-likeness (QED) is 0.435. The highest BCUT2D eigenvalue weighted by atomic mass is 35.5. The molecule has 0 saturated heterocycles. The number of amides is 1. The van der Waals surface area contributed by atoms with Crippen LogP contribution in [0.15, 0.2) is 60.8 Å². The van der Waals surface area contributed by atoms with Gasteiger partial charge in [-0.3, -0.25) is 9.48 Å². The van der Waals surface area contributed by atoms with Crippen molar-refractivity contribution in [2.75, 3.05) is 5.32 Å². The van der Waals surface area contributed by atoms with Crippen molar-refractivity contribution in [1.82, 2.24) is 19.6 Å². The maximum absolute atomic E-state index is 13.5. The molecule has 164 valence electrons. The second-order valence-electron chi connectivity index (χ2n) is 7.26. The maximum atomic E-state index is 13.5. The van der Waals surface area contributed by atoms with Crippen molar-refractivity contribution in [2.45, 2.75) is 27.1 Å². The molecule has 0 fully saturated rings. The highest BCUT2D eigenvalue weighted by molar-refractivity contribution is 6.30. The average Bonchev–Trinajstić information content (AvgIpc) is 3.33. The van der Waals surface area contributed by atoms with Crippen molar-refractivity contribution in [2.24, 2.45) is 0 Å². The lowest BCUT2D eigenvalue weighted by molar-refractivity contribution is 0.102. The number of hydrogen-bond donors (Lipinski definition) is 1. The molecule has 1 amide bonds. The van der Waals surface area contributed by atoms with E-state index in [1.807, 2.05) is 19.9 Å². The number of rotatable bonds is 7. The molecule has 1 N–H and O–H groups in total. The number of halogens is 2. The van der Waals surface area contributed by atoms with Crippen molar-refractivity contribution in [3.05, 3.63) is 94.3 Å². The van der Waals surface area contributed by atoms with Crippen molar-refractivity contribution < 1.29 is 13.9 Å². The van der Waals surface area contributed by atoms with E-state index in [9.17, 15) is 9.18 Å². The molecular formula is C23H21ClFN5O2. The SMILES string of the molecule is Cc1nn(Cc2cccc(F)c2)c(C)c1NC(=O)c1ccn(COc2cccc(Cl)c2)n1. The van der Waals surface area contributed by atoms with Gasteiger partial charge < -0.3 is 10.1 Å². The predicted molar refractivity (Wildman–Crippen MR) is 119 cm³/mol. The summed E-state index contributed by atoms with van der Waals surface area (Å²) in [5.74, 6) is -0.0496. The number of benzene rings is 2. The molecule has 0 spiro atoms. The Bertz CT molecular complexity index is 1270. The highest BCUT2D eigenvalue weighted by Gasteiger charge is 2.17. The van der Waals surface area contributed by atoms with Gasteiger partial charge in [-0.15, -0.1) is 0 Å². The Morgan fingerprint density at radius 3 is 2.72 bits per heavy atom. The Kier molecular flexibility index (Phi) is 6.23. The molecule has 32 heavy (non-hydrogen) atoms. The van der Waals surface area contributed by atoms with Crippen LogP contribution in [0.4, 0.5) is 10.1 Å². The van der Waals surface area contributed by atoms with Gasteiger partial charge in [-0.2, -0.15) is 10.2 Å². The van der Waals surface area contributed by atoms with E-state index in [0.29, 0.717) is 28.7 Å². The lowest BCUT2D eigenvalue weighted by Crippen LogP contribution is -2.15. The predicted octanol–water partition coefficient (Wildman–Crippen LogP) is 4.83. The average molecular weight is 454 g/mol. The van der Waals surface area contributed by atoms with Crippen LogP contribution in [0.1, 0.15) is 27.4 Å². The molecular weight excluding hydrogens is 433 g/mol. The molecule has 2 aromatic carbocycles. The Morgan fingerprint density at radius 2 is 1.94 bits per heavy atom. The van der Waals surface area contributed by atoms with Crippen LogP contribution in [0.3, 0.4) is 0 Å². The van der Waals surface area contributed by atoms with Crippen LogP contribution in [0, 0.1) is 19.7 Å². The van der Waals surface area contributed by atoms with E-state index < -0.39 is 0 Å². The molecule has 0 bridgehead atoms. The van der Waals surface area contributed by atoms with Crippen LogP contribution in [-0.4, -0.2) is 25.5 Å². The number of carbonyl (C=O) groups excluding carboxylic acids is 1. The molecule has 4 aromatic rings. The molecule has 0 atom stereocenters. The molecule has 0 aliphatic rings. The summed E-state index contributed by atoms with van der Waals surface area (Å²) in [5.41, 5.74) is 3.07. The minimum atomic E-state index is -0.358. The topological polar surface area (TPSA) is 74.0 Å². The minimum absolute atomic E-state index is 0.136. The van der Waals surface area contributed by atoms with Crippen LogP contribution in [0.25, 0.3) is 0 Å². The van der Waals surface area contributed by atoms with Crippen molar-refractivity contribution in [3.8, 4) is 5.75 Å². The number of nitrogens with zero attached hydrogens (tertiary/aromatic N) is 4. The summed E-state index contributed by atoms with van der Waals surface area (Å²) < 4.78 is 22.4. The monoisotopic (exact) mass is 453 g/mol. The van der Waals surface area contributed by atoms with Crippen molar-refractivity contribution in [1.29, 1.82) is 0 Å². The Balaban J connectivity index is 1.42. The molecule has 9 heteroatoms. The van der Waals surface area contributed by atoms with E-state index in [4.69, 9.17) is 16.3 Å². The molecule has 0 aliphatic carbocycles. The van der Waals surface area contributed by atoms with Gasteiger partial charge in [0.1, 0.15) is 11.6 Å². The van der Waals surface area contributed by atoms with E-state index in [1.54, 1.807) is 47.3 Å². The first kappa shape index (κ1) is 21.6. The first-order chi connectivity index (χ1) is 15.4. The van der Waals surface area contributed by atoms with Gasteiger partial charge in [-0.1, -0.05) is 29.8 Å². The molecule has 2 aromatic heterocycles. The van der Waals surface area contributed by atoms with E-state index in [1.165, 1.54) is 16.8 Å². The first-order valence-corrected chi connectivity index (χ1v) is 10.3. The normalized spacial score (nSPS) is 10.9. The largest absolute Gasteiger partial charge is 0.471 e. The summed E-state index contributed by atoms with van der Waals surface area (Å²) in [5, 5.41) is 12.2. The fourth-order valence-corrected chi connectivity index (χ4v) is 3.45. The van der Waals surface area contributed by atoms with Crippen LogP contribution in [-0.2, 0) is 13.3 Å². The Labute approximate surface area is 189 Å². The number of aromatic nitrogens is 4. The molecule has 4 rings (SSSR count). The third-order valence-corrected chi connectivity index (χ3v) is 5.11. The number of hydrogen-bond acceptors (Lipinski definition) is 4. The highest BCUT2D eigenvalue weighted by Crippen LogP contribution is 2.22. The zero-order chi connectivity index (χ0) is 22.7. The van der Waals surface area contributed by atoms with Gasteiger partial charge >= 0.3 is 0 Å². The smallest absolute Gasteiger partial charge is 0.276 e. The maximum Gasteiger partial charge on any atom is 0.276 e. The lowest BCUT2D eigenvalue weighted by Gasteiger charge is -2.07. The van der Waals surface area contributed by atoms with Gasteiger partial charge in [0.25, 0.3) is 5.91 Å². The number of ether oxygens (including phenoxy) is 1. The summed E-state index contributed by atoms with van der Waals surface area (Å²) in [7, 11) is 0. The van der Waals surface area contributed by atoms with Gasteiger partial charge in [0, 0.05) is 11.2 Å². The zero-order valence-corrected chi connectivity index (χ0v) is 18.3. The van der Waals surface area contributed by atoms with Crippen molar-refractivity contribution >= 4 is 23.2 Å². The van der Waals surface area contributed by atoms with Crippen LogP contribution in [0.5, 0.6) is 5.75 Å². The van der Waals surface area contributed by atoms with Gasteiger partial charge in [0.2, 0.25) is 0 Å². The summed E-state index contributed by atoms with van der Waals surface area (Å²) in [6, 6.07) is 15.0. The van der Waals surface area contributed by atoms with Gasteiger partial charge in [0.15, 0.2) is 12.4 Å². The molecule has 0 aliphatic heterocycles. The second-order valence-corrected chi connectivity index (χ2v) is 7.70. The Hall–Kier alpha value is -3.65. The second kappa shape index (κ2) is 9.23. The fraction of sp³-hybridized carbons (Fsp3) is 0.174. The van der Waals surface area contributed by atoms with Crippen LogP contribution in [0.2, 0.25) is 5.02 Å². The third-order valence-electron chi connectivity index (χ3n) is 4.87. The summed E-state index contributed by atoms with van der Waals surface area (Å²) in [4.78, 5) is 12.7. The van der Waals surface area contributed by atoms with Crippen LogP contribution < -0.4 is 10.1 Å². The van der Waals surface area contributed by atoms with Gasteiger partial charge in [-0.05, 0) is 55.8 Å². The van der Waals surface area contributed by atoms with Gasteiger partial charge in [-0.25, -0.2) is 9.07 Å². The van der Waals surface area contributed by atoms with E-state index in [2.05, 4.69) is 15.5 Å². The van der Waals surface area contributed by atoms with E-state index in [0.717, 1.165) is 11.3 Å². The molecule has 2 heterocycles. The Morgan fingerprint density at radius 1 is 1.12 bits per heavy atom. The summed E-state index contributed by atoms with van der Waals surface area (Å²) in [6.07, 6.45) is 1.66. The van der Waals surface area contributed by atoms with Gasteiger partial charge in [0.05, 0.1) is 23.6 Å². The molecule has 0 saturated carbocycles. The van der Waals surface area contributed by atoms with E-state index in [-0.39, 0.29) is 24.1 Å². The zero-order valence-electron chi connectivity index (χ0n) is 17.5. The number of carbonyl (C=O) groups is 1. The molecule has 0 unspecified atom stereocenters. The standard InChI is InChI=1S/C23H21ClFN5O2/c1-15-22(16(2)30(27-15)13-17-5-3-7-19(25)11-17)26-23(31)21-9-10-29(28-21)14-32-20-8-4-6-18(24)12-20/h3-12H,13-14H2,1-2H3,(H,26,31). The van der Waals surface area contributed by atoms with Crippen molar-refractivity contribution in [3.63, 3.8) is 0 Å². The number of nitrogens with one attached hydrogen (secondary N) is 1. The fourth-order valence-electron chi connectivity index (χ4n) is 3.27. The lowest BCUT2D eigenvalue weighted by atomic mass is 10.2. The summed E-state index contributed by atoms with van der Waals surface area (Å²) in [6.45, 7) is 4.20. The first-order valence-electron chi connectivity index (χ1n) is 9.90. The summed E-state index contributed by atoms with van der Waals surface area (Å²) >= 11 is 5.95. The van der Waals surface area contributed by atoms with E-state index >= 15 is 0 Å². The molecule has 0 radical (unpaired) electrons. The number of aryl methyl sites for hydroxylation is 1. The minimum Gasteiger partial charge on any atom is -0.471 e. The number of anilines is 1. The van der Waals surface area contributed by atoms with Crippen LogP contribution >= 0.6 is 11.6 Å².